The number of methoxy groups -OCH3 is 2. The summed E-state index contributed by atoms with van der Waals surface area (Å²) in [6.07, 6.45) is 0. The summed E-state index contributed by atoms with van der Waals surface area (Å²) >= 11 is 6.14. The van der Waals surface area contributed by atoms with Crippen molar-refractivity contribution < 1.29 is 19.0 Å². The van der Waals surface area contributed by atoms with Crippen molar-refractivity contribution >= 4 is 17.5 Å². The first-order valence-corrected chi connectivity index (χ1v) is 10.0. The second-order valence-corrected chi connectivity index (χ2v) is 7.30. The van der Waals surface area contributed by atoms with Crippen LogP contribution in [0.25, 0.3) is 0 Å². The van der Waals surface area contributed by atoms with Gasteiger partial charge in [-0.25, -0.2) is 0 Å². The molecule has 1 aliphatic heterocycles. The van der Waals surface area contributed by atoms with Crippen molar-refractivity contribution in [3.05, 3.63) is 58.6 Å². The third kappa shape index (κ3) is 5.63. The fourth-order valence-electron chi connectivity index (χ4n) is 3.40. The van der Waals surface area contributed by atoms with Gasteiger partial charge in [-0.1, -0.05) is 23.7 Å². The van der Waals surface area contributed by atoms with Gasteiger partial charge in [-0.3, -0.25) is 9.69 Å². The highest BCUT2D eigenvalue weighted by atomic mass is 35.5. The number of benzene rings is 2. The standard InChI is InChI=1S/C22H27ClN2O4/c1-27-13-14-29-21-6-4-3-5-19(21)22(26)25-11-9-24(10-12-25)16-17-15-18(23)7-8-20(17)28-2/h3-8,15H,9-14,16H2,1-2H3. The molecular weight excluding hydrogens is 392 g/mol. The summed E-state index contributed by atoms with van der Waals surface area (Å²) < 4.78 is 16.2. The number of nitrogens with zero attached hydrogens (tertiary/aromatic N) is 2. The highest BCUT2D eigenvalue weighted by molar-refractivity contribution is 6.30. The van der Waals surface area contributed by atoms with Gasteiger partial charge in [0.2, 0.25) is 0 Å². The predicted octanol–water partition coefficient (Wildman–Crippen LogP) is 3.33. The minimum absolute atomic E-state index is 0.00185. The molecule has 2 aromatic carbocycles. The quantitative estimate of drug-likeness (QED) is 0.615. The molecule has 1 heterocycles. The Labute approximate surface area is 176 Å². The number of para-hydroxylation sites is 1. The van der Waals surface area contributed by atoms with Crippen LogP contribution in [0.15, 0.2) is 42.5 Å². The number of carbonyl (C=O) groups is 1. The summed E-state index contributed by atoms with van der Waals surface area (Å²) in [4.78, 5) is 17.2. The average molecular weight is 419 g/mol. The molecular formula is C22H27ClN2O4. The number of piperazine rings is 1. The Bertz CT molecular complexity index is 822. The summed E-state index contributed by atoms with van der Waals surface area (Å²) in [5.41, 5.74) is 1.64. The highest BCUT2D eigenvalue weighted by Crippen LogP contribution is 2.25. The van der Waals surface area contributed by atoms with E-state index in [1.165, 1.54) is 0 Å². The zero-order chi connectivity index (χ0) is 20.6. The normalized spacial score (nSPS) is 14.7. The van der Waals surface area contributed by atoms with Crippen LogP contribution in [0.1, 0.15) is 15.9 Å². The predicted molar refractivity (Wildman–Crippen MR) is 113 cm³/mol. The molecule has 3 rings (SSSR count). The first-order chi connectivity index (χ1) is 14.1. The molecule has 1 fully saturated rings. The van der Waals surface area contributed by atoms with Gasteiger partial charge in [0.15, 0.2) is 0 Å². The van der Waals surface area contributed by atoms with Gasteiger partial charge in [-0.15, -0.1) is 0 Å². The third-order valence-corrected chi connectivity index (χ3v) is 5.19. The van der Waals surface area contributed by atoms with Gasteiger partial charge in [-0.05, 0) is 30.3 Å². The van der Waals surface area contributed by atoms with E-state index in [9.17, 15) is 4.79 Å². The minimum atomic E-state index is -0.00185. The first kappa shape index (κ1) is 21.4. The molecule has 0 radical (unpaired) electrons. The monoisotopic (exact) mass is 418 g/mol. The fourth-order valence-corrected chi connectivity index (χ4v) is 3.59. The van der Waals surface area contributed by atoms with E-state index in [-0.39, 0.29) is 5.91 Å². The van der Waals surface area contributed by atoms with E-state index >= 15 is 0 Å². The second-order valence-electron chi connectivity index (χ2n) is 6.86. The molecule has 0 N–H and O–H groups in total. The largest absolute Gasteiger partial charge is 0.496 e. The molecule has 0 spiro atoms. The van der Waals surface area contributed by atoms with E-state index in [0.717, 1.165) is 30.9 Å². The molecule has 29 heavy (non-hydrogen) atoms. The van der Waals surface area contributed by atoms with E-state index in [4.69, 9.17) is 25.8 Å². The van der Waals surface area contributed by atoms with Gasteiger partial charge in [0.1, 0.15) is 18.1 Å². The van der Waals surface area contributed by atoms with Gasteiger partial charge < -0.3 is 19.1 Å². The van der Waals surface area contributed by atoms with E-state index in [2.05, 4.69) is 4.90 Å². The van der Waals surface area contributed by atoms with Crippen molar-refractivity contribution in [2.75, 3.05) is 53.6 Å². The van der Waals surface area contributed by atoms with Crippen molar-refractivity contribution in [1.82, 2.24) is 9.80 Å². The van der Waals surface area contributed by atoms with Crippen LogP contribution in [0, 0.1) is 0 Å². The Morgan fingerprint density at radius 1 is 1.00 bits per heavy atom. The second kappa shape index (κ2) is 10.5. The van der Waals surface area contributed by atoms with Crippen molar-refractivity contribution in [3.63, 3.8) is 0 Å². The zero-order valence-corrected chi connectivity index (χ0v) is 17.7. The molecule has 0 aliphatic carbocycles. The lowest BCUT2D eigenvalue weighted by molar-refractivity contribution is 0.0621. The molecule has 7 heteroatoms. The van der Waals surface area contributed by atoms with Crippen LogP contribution in [0.3, 0.4) is 0 Å². The smallest absolute Gasteiger partial charge is 0.257 e. The van der Waals surface area contributed by atoms with Gasteiger partial charge in [-0.2, -0.15) is 0 Å². The van der Waals surface area contributed by atoms with Crippen LogP contribution in [0.2, 0.25) is 5.02 Å². The molecule has 1 amide bonds. The van der Waals surface area contributed by atoms with Crippen LogP contribution in [0.5, 0.6) is 11.5 Å². The van der Waals surface area contributed by atoms with E-state index in [1.54, 1.807) is 14.2 Å². The lowest BCUT2D eigenvalue weighted by atomic mass is 10.1. The molecule has 0 unspecified atom stereocenters. The number of hydrogen-bond acceptors (Lipinski definition) is 5. The van der Waals surface area contributed by atoms with Crippen LogP contribution in [-0.2, 0) is 11.3 Å². The lowest BCUT2D eigenvalue weighted by Gasteiger charge is -2.35. The Morgan fingerprint density at radius 2 is 1.76 bits per heavy atom. The number of amides is 1. The number of rotatable bonds is 8. The number of ether oxygens (including phenoxy) is 3. The minimum Gasteiger partial charge on any atom is -0.496 e. The highest BCUT2D eigenvalue weighted by Gasteiger charge is 2.24. The number of hydrogen-bond donors (Lipinski definition) is 0. The maximum atomic E-state index is 13.0. The van der Waals surface area contributed by atoms with E-state index < -0.39 is 0 Å². The Hall–Kier alpha value is -2.28. The maximum absolute atomic E-state index is 13.0. The maximum Gasteiger partial charge on any atom is 0.257 e. The van der Waals surface area contributed by atoms with Crippen LogP contribution in [-0.4, -0.2) is 69.3 Å². The van der Waals surface area contributed by atoms with Crippen molar-refractivity contribution in [2.45, 2.75) is 6.54 Å². The average Bonchev–Trinajstić information content (AvgIpc) is 2.74. The molecule has 156 valence electrons. The molecule has 0 atom stereocenters. The fraction of sp³-hybridized carbons (Fsp3) is 0.409. The SMILES string of the molecule is COCCOc1ccccc1C(=O)N1CCN(Cc2cc(Cl)ccc2OC)CC1. The third-order valence-electron chi connectivity index (χ3n) is 4.96. The van der Waals surface area contributed by atoms with Gasteiger partial charge in [0.05, 0.1) is 19.3 Å². The molecule has 1 aliphatic rings. The van der Waals surface area contributed by atoms with Crippen LogP contribution in [0.4, 0.5) is 0 Å². The first-order valence-electron chi connectivity index (χ1n) is 9.67. The summed E-state index contributed by atoms with van der Waals surface area (Å²) in [5.74, 6) is 1.42. The topological polar surface area (TPSA) is 51.2 Å². The van der Waals surface area contributed by atoms with Crippen LogP contribution < -0.4 is 9.47 Å². The Morgan fingerprint density at radius 3 is 2.48 bits per heavy atom. The van der Waals surface area contributed by atoms with E-state index in [1.807, 2.05) is 47.4 Å². The summed E-state index contributed by atoms with van der Waals surface area (Å²) in [6, 6.07) is 13.0. The van der Waals surface area contributed by atoms with E-state index in [0.29, 0.717) is 42.6 Å². The van der Waals surface area contributed by atoms with Crippen molar-refractivity contribution in [1.29, 1.82) is 0 Å². The van der Waals surface area contributed by atoms with Gasteiger partial charge in [0.25, 0.3) is 5.91 Å². The molecule has 2 aromatic rings. The molecule has 0 aromatic heterocycles. The van der Waals surface area contributed by atoms with Crippen molar-refractivity contribution in [2.24, 2.45) is 0 Å². The summed E-state index contributed by atoms with van der Waals surface area (Å²) in [7, 11) is 3.29. The molecule has 1 saturated heterocycles. The summed E-state index contributed by atoms with van der Waals surface area (Å²) in [5, 5.41) is 0.694. The lowest BCUT2D eigenvalue weighted by Crippen LogP contribution is -2.48. The molecule has 0 bridgehead atoms. The number of carbonyl (C=O) groups excluding carboxylic acids is 1. The van der Waals surface area contributed by atoms with Crippen LogP contribution >= 0.6 is 11.6 Å². The van der Waals surface area contributed by atoms with Gasteiger partial charge in [0, 0.05) is 50.4 Å². The van der Waals surface area contributed by atoms with Crippen molar-refractivity contribution in [3.8, 4) is 11.5 Å². The molecule has 6 nitrogen and oxygen atoms in total. The Kier molecular flexibility index (Phi) is 7.75. The number of halogens is 1. The molecule has 0 saturated carbocycles. The van der Waals surface area contributed by atoms with Gasteiger partial charge >= 0.3 is 0 Å². The summed E-state index contributed by atoms with van der Waals surface area (Å²) in [6.45, 7) is 4.52. The Balaban J connectivity index is 1.60. The zero-order valence-electron chi connectivity index (χ0n) is 16.9.